The van der Waals surface area contributed by atoms with E-state index in [1.54, 1.807) is 6.07 Å². The number of piperidine rings is 1. The van der Waals surface area contributed by atoms with Gasteiger partial charge in [0.25, 0.3) is 5.91 Å². The van der Waals surface area contributed by atoms with Gasteiger partial charge in [-0.3, -0.25) is 4.79 Å². The van der Waals surface area contributed by atoms with Gasteiger partial charge in [0.2, 0.25) is 0 Å². The number of carbonyl (C=O) groups excluding carboxylic acids is 1. The van der Waals surface area contributed by atoms with Crippen molar-refractivity contribution in [2.24, 2.45) is 0 Å². The van der Waals surface area contributed by atoms with E-state index in [2.05, 4.69) is 27.1 Å². The fourth-order valence-electron chi connectivity index (χ4n) is 2.98. The van der Waals surface area contributed by atoms with Crippen molar-refractivity contribution in [3.8, 4) is 0 Å². The van der Waals surface area contributed by atoms with E-state index in [0.29, 0.717) is 25.5 Å². The van der Waals surface area contributed by atoms with Crippen LogP contribution in [0.1, 0.15) is 43.1 Å². The summed E-state index contributed by atoms with van der Waals surface area (Å²) in [6, 6.07) is 1.76. The lowest BCUT2D eigenvalue weighted by Crippen LogP contribution is -2.45. The maximum absolute atomic E-state index is 12.1. The second-order valence-corrected chi connectivity index (χ2v) is 5.97. The molecule has 2 aliphatic heterocycles. The second kappa shape index (κ2) is 7.23. The van der Waals surface area contributed by atoms with Gasteiger partial charge >= 0.3 is 0 Å². The molecule has 7 nitrogen and oxygen atoms in total. The molecule has 0 atom stereocenters. The molecule has 126 valence electrons. The average Bonchev–Trinajstić information content (AvgIpc) is 3.04. The van der Waals surface area contributed by atoms with Crippen LogP contribution < -0.4 is 10.2 Å². The van der Waals surface area contributed by atoms with Crippen LogP contribution in [0.2, 0.25) is 0 Å². The Kier molecular flexibility index (Phi) is 5.07. The lowest BCUT2D eigenvalue weighted by molar-refractivity contribution is -0.169. The van der Waals surface area contributed by atoms with Crippen molar-refractivity contribution in [1.29, 1.82) is 0 Å². The minimum Gasteiger partial charge on any atom is -0.356 e. The largest absolute Gasteiger partial charge is 0.356 e. The van der Waals surface area contributed by atoms with E-state index in [1.165, 1.54) is 6.33 Å². The number of hydrogen-bond donors (Lipinski definition) is 1. The predicted octanol–water partition coefficient (Wildman–Crippen LogP) is 1.35. The van der Waals surface area contributed by atoms with Crippen LogP contribution in [0.3, 0.4) is 0 Å². The lowest BCUT2D eigenvalue weighted by Gasteiger charge is -2.38. The number of amides is 1. The summed E-state index contributed by atoms with van der Waals surface area (Å²) >= 11 is 0. The first kappa shape index (κ1) is 16.1. The topological polar surface area (TPSA) is 76.6 Å². The van der Waals surface area contributed by atoms with E-state index in [9.17, 15) is 4.79 Å². The third-order valence-electron chi connectivity index (χ3n) is 4.36. The van der Waals surface area contributed by atoms with Gasteiger partial charge in [-0.2, -0.15) is 0 Å². The summed E-state index contributed by atoms with van der Waals surface area (Å²) in [5, 5.41) is 2.88. The summed E-state index contributed by atoms with van der Waals surface area (Å²) in [4.78, 5) is 22.6. The molecule has 2 saturated heterocycles. The summed E-state index contributed by atoms with van der Waals surface area (Å²) in [7, 11) is 0. The van der Waals surface area contributed by atoms with Crippen LogP contribution in [0.5, 0.6) is 0 Å². The third kappa shape index (κ3) is 3.79. The van der Waals surface area contributed by atoms with E-state index in [1.807, 2.05) is 0 Å². The van der Waals surface area contributed by atoms with Crippen LogP contribution >= 0.6 is 0 Å². The fraction of sp³-hybridized carbons (Fsp3) is 0.688. The molecule has 1 aromatic heterocycles. The SMILES string of the molecule is CCCCNC(=O)c1cc(N2CCC3(CC2)OCCO3)ncn1. The molecule has 1 spiro atoms. The highest BCUT2D eigenvalue weighted by Gasteiger charge is 2.40. The minimum atomic E-state index is -0.399. The first-order chi connectivity index (χ1) is 11.2. The van der Waals surface area contributed by atoms with Crippen molar-refractivity contribution in [2.75, 3.05) is 37.7 Å². The molecule has 2 aliphatic rings. The zero-order valence-electron chi connectivity index (χ0n) is 13.6. The molecule has 1 aromatic rings. The number of rotatable bonds is 5. The molecule has 0 radical (unpaired) electrons. The van der Waals surface area contributed by atoms with Gasteiger partial charge in [0, 0.05) is 38.5 Å². The van der Waals surface area contributed by atoms with Crippen LogP contribution in [0, 0.1) is 0 Å². The number of unbranched alkanes of at least 4 members (excludes halogenated alkanes) is 1. The van der Waals surface area contributed by atoms with Gasteiger partial charge in [-0.15, -0.1) is 0 Å². The molecular weight excluding hydrogens is 296 g/mol. The van der Waals surface area contributed by atoms with Crippen LogP contribution in [0.25, 0.3) is 0 Å². The highest BCUT2D eigenvalue weighted by Crippen LogP contribution is 2.32. The summed E-state index contributed by atoms with van der Waals surface area (Å²) in [6.07, 6.45) is 5.11. The fourth-order valence-corrected chi connectivity index (χ4v) is 2.98. The van der Waals surface area contributed by atoms with Crippen molar-refractivity contribution in [2.45, 2.75) is 38.4 Å². The Bertz CT molecular complexity index is 536. The van der Waals surface area contributed by atoms with Crippen molar-refractivity contribution < 1.29 is 14.3 Å². The molecular formula is C16H24N4O3. The number of aromatic nitrogens is 2. The zero-order valence-corrected chi connectivity index (χ0v) is 13.6. The number of nitrogens with one attached hydrogen (secondary N) is 1. The standard InChI is InChI=1S/C16H24N4O3/c1-2-3-6-17-15(21)13-11-14(19-12-18-13)20-7-4-16(5-8-20)22-9-10-23-16/h11-12H,2-10H2,1H3,(H,17,21). The number of nitrogens with zero attached hydrogens (tertiary/aromatic N) is 3. The number of anilines is 1. The maximum atomic E-state index is 12.1. The van der Waals surface area contributed by atoms with Gasteiger partial charge in [0.1, 0.15) is 17.8 Å². The molecule has 2 fully saturated rings. The quantitative estimate of drug-likeness (QED) is 0.825. The second-order valence-electron chi connectivity index (χ2n) is 5.97. The van der Waals surface area contributed by atoms with Crippen molar-refractivity contribution in [3.63, 3.8) is 0 Å². The molecule has 0 bridgehead atoms. The van der Waals surface area contributed by atoms with Gasteiger partial charge in [0.05, 0.1) is 13.2 Å². The van der Waals surface area contributed by atoms with Crippen molar-refractivity contribution in [1.82, 2.24) is 15.3 Å². The molecule has 3 heterocycles. The Morgan fingerprint density at radius 1 is 1.30 bits per heavy atom. The Balaban J connectivity index is 1.60. The van der Waals surface area contributed by atoms with Crippen LogP contribution in [0.4, 0.5) is 5.82 Å². The van der Waals surface area contributed by atoms with Gasteiger partial charge in [-0.25, -0.2) is 9.97 Å². The Morgan fingerprint density at radius 2 is 2.04 bits per heavy atom. The predicted molar refractivity (Wildman–Crippen MR) is 85.4 cm³/mol. The third-order valence-corrected chi connectivity index (χ3v) is 4.36. The van der Waals surface area contributed by atoms with Crippen LogP contribution in [-0.4, -0.2) is 54.5 Å². The minimum absolute atomic E-state index is 0.141. The van der Waals surface area contributed by atoms with Crippen LogP contribution in [0.15, 0.2) is 12.4 Å². The van der Waals surface area contributed by atoms with Crippen molar-refractivity contribution >= 4 is 11.7 Å². The highest BCUT2D eigenvalue weighted by molar-refractivity contribution is 5.92. The van der Waals surface area contributed by atoms with E-state index >= 15 is 0 Å². The number of ether oxygens (including phenoxy) is 2. The molecule has 1 amide bonds. The van der Waals surface area contributed by atoms with E-state index in [-0.39, 0.29) is 5.91 Å². The summed E-state index contributed by atoms with van der Waals surface area (Å²) < 4.78 is 11.5. The first-order valence-electron chi connectivity index (χ1n) is 8.35. The molecule has 0 unspecified atom stereocenters. The summed E-state index contributed by atoms with van der Waals surface area (Å²) in [5.41, 5.74) is 0.416. The normalized spacial score (nSPS) is 20.0. The van der Waals surface area contributed by atoms with Gasteiger partial charge in [0.15, 0.2) is 5.79 Å². The summed E-state index contributed by atoms with van der Waals surface area (Å²) in [5.74, 6) is 0.246. The number of hydrogen-bond acceptors (Lipinski definition) is 6. The molecule has 0 saturated carbocycles. The molecule has 0 aromatic carbocycles. The molecule has 1 N–H and O–H groups in total. The Labute approximate surface area is 136 Å². The first-order valence-corrected chi connectivity index (χ1v) is 8.35. The van der Waals surface area contributed by atoms with E-state index in [4.69, 9.17) is 9.47 Å². The van der Waals surface area contributed by atoms with Gasteiger partial charge in [-0.05, 0) is 6.42 Å². The molecule has 0 aliphatic carbocycles. The average molecular weight is 320 g/mol. The van der Waals surface area contributed by atoms with Crippen LogP contribution in [-0.2, 0) is 9.47 Å². The van der Waals surface area contributed by atoms with Gasteiger partial charge < -0.3 is 19.7 Å². The van der Waals surface area contributed by atoms with E-state index in [0.717, 1.165) is 44.6 Å². The van der Waals surface area contributed by atoms with Crippen molar-refractivity contribution in [3.05, 3.63) is 18.1 Å². The monoisotopic (exact) mass is 320 g/mol. The smallest absolute Gasteiger partial charge is 0.270 e. The van der Waals surface area contributed by atoms with Gasteiger partial charge in [-0.1, -0.05) is 13.3 Å². The lowest BCUT2D eigenvalue weighted by atomic mass is 10.0. The summed E-state index contributed by atoms with van der Waals surface area (Å²) in [6.45, 7) is 5.72. The highest BCUT2D eigenvalue weighted by atomic mass is 16.7. The zero-order chi connectivity index (χ0) is 16.1. The Morgan fingerprint density at radius 3 is 2.74 bits per heavy atom. The molecule has 7 heteroatoms. The number of carbonyl (C=O) groups is 1. The molecule has 23 heavy (non-hydrogen) atoms. The molecule has 3 rings (SSSR count). The van der Waals surface area contributed by atoms with E-state index < -0.39 is 5.79 Å². The maximum Gasteiger partial charge on any atom is 0.270 e. The Hall–Kier alpha value is -1.73.